The first-order valence-electron chi connectivity index (χ1n) is 7.01. The van der Waals surface area contributed by atoms with Crippen molar-refractivity contribution < 1.29 is 0 Å². The second-order valence-corrected chi connectivity index (χ2v) is 5.16. The van der Waals surface area contributed by atoms with Gasteiger partial charge in [-0.25, -0.2) is 0 Å². The number of nitrogens with one attached hydrogen (secondary N) is 1. The molecular formula is C19H18N2. The van der Waals surface area contributed by atoms with Gasteiger partial charge in [-0.2, -0.15) is 0 Å². The van der Waals surface area contributed by atoms with Crippen LogP contribution in [0.15, 0.2) is 72.8 Å². The molecule has 3 N–H and O–H groups in total. The molecular weight excluding hydrogens is 256 g/mol. The summed E-state index contributed by atoms with van der Waals surface area (Å²) in [5, 5.41) is 3.37. The van der Waals surface area contributed by atoms with Gasteiger partial charge in [0.15, 0.2) is 0 Å². The lowest BCUT2D eigenvalue weighted by Crippen LogP contribution is -1.96. The molecule has 0 atom stereocenters. The highest BCUT2D eigenvalue weighted by molar-refractivity contribution is 5.74. The third-order valence-electron chi connectivity index (χ3n) is 3.48. The molecule has 0 aliphatic carbocycles. The van der Waals surface area contributed by atoms with E-state index in [-0.39, 0.29) is 0 Å². The van der Waals surface area contributed by atoms with Gasteiger partial charge in [0.2, 0.25) is 0 Å². The van der Waals surface area contributed by atoms with Gasteiger partial charge in [0.1, 0.15) is 0 Å². The number of nitrogen functional groups attached to an aromatic ring is 1. The van der Waals surface area contributed by atoms with E-state index in [4.69, 9.17) is 5.73 Å². The van der Waals surface area contributed by atoms with Crippen LogP contribution in [0, 0.1) is 6.92 Å². The van der Waals surface area contributed by atoms with Crippen molar-refractivity contribution in [3.8, 4) is 11.1 Å². The summed E-state index contributed by atoms with van der Waals surface area (Å²) >= 11 is 0. The molecule has 3 aromatic carbocycles. The molecule has 0 radical (unpaired) electrons. The van der Waals surface area contributed by atoms with E-state index in [9.17, 15) is 0 Å². The maximum atomic E-state index is 6.00. The first-order chi connectivity index (χ1) is 10.2. The Bertz CT molecular complexity index is 731. The van der Waals surface area contributed by atoms with Crippen LogP contribution >= 0.6 is 0 Å². The highest BCUT2D eigenvalue weighted by atomic mass is 14.9. The van der Waals surface area contributed by atoms with Gasteiger partial charge in [0.05, 0.1) is 11.4 Å². The van der Waals surface area contributed by atoms with Gasteiger partial charge in [0.25, 0.3) is 0 Å². The first-order valence-corrected chi connectivity index (χ1v) is 7.01. The van der Waals surface area contributed by atoms with Crippen molar-refractivity contribution in [1.82, 2.24) is 0 Å². The second-order valence-electron chi connectivity index (χ2n) is 5.16. The minimum atomic E-state index is 0.757. The largest absolute Gasteiger partial charge is 0.397 e. The standard InChI is InChI=1S/C19H18N2/c1-14-7-12-18(20)19(13-14)21-17-10-8-16(9-11-17)15-5-3-2-4-6-15/h2-13,21H,20H2,1H3. The molecule has 0 unspecified atom stereocenters. The van der Waals surface area contributed by atoms with E-state index in [1.165, 1.54) is 16.7 Å². The van der Waals surface area contributed by atoms with E-state index in [0.717, 1.165) is 17.1 Å². The van der Waals surface area contributed by atoms with Crippen LogP contribution < -0.4 is 11.1 Å². The summed E-state index contributed by atoms with van der Waals surface area (Å²) in [5.41, 5.74) is 12.3. The second kappa shape index (κ2) is 5.71. The predicted octanol–water partition coefficient (Wildman–Crippen LogP) is 4.99. The molecule has 0 heterocycles. The molecule has 2 heteroatoms. The van der Waals surface area contributed by atoms with Crippen molar-refractivity contribution >= 4 is 17.1 Å². The van der Waals surface area contributed by atoms with Crippen molar-refractivity contribution in [3.05, 3.63) is 78.4 Å². The van der Waals surface area contributed by atoms with Crippen molar-refractivity contribution in [2.75, 3.05) is 11.1 Å². The van der Waals surface area contributed by atoms with E-state index in [1.807, 2.05) is 18.2 Å². The Morgan fingerprint density at radius 1 is 0.762 bits per heavy atom. The summed E-state index contributed by atoms with van der Waals surface area (Å²) in [6.07, 6.45) is 0. The zero-order valence-corrected chi connectivity index (χ0v) is 12.0. The van der Waals surface area contributed by atoms with Gasteiger partial charge in [-0.1, -0.05) is 48.5 Å². The quantitative estimate of drug-likeness (QED) is 0.660. The average molecular weight is 274 g/mol. The number of benzene rings is 3. The number of nitrogens with two attached hydrogens (primary N) is 1. The average Bonchev–Trinajstić information content (AvgIpc) is 2.53. The van der Waals surface area contributed by atoms with Crippen LogP contribution in [0.1, 0.15) is 5.56 Å². The first kappa shape index (κ1) is 13.3. The van der Waals surface area contributed by atoms with E-state index in [1.54, 1.807) is 0 Å². The van der Waals surface area contributed by atoms with Gasteiger partial charge < -0.3 is 11.1 Å². The number of hydrogen-bond donors (Lipinski definition) is 2. The van der Waals surface area contributed by atoms with Gasteiger partial charge in [-0.05, 0) is 47.9 Å². The molecule has 0 aromatic heterocycles. The third-order valence-corrected chi connectivity index (χ3v) is 3.48. The molecule has 0 aliphatic heterocycles. The Morgan fingerprint density at radius 2 is 1.43 bits per heavy atom. The molecule has 0 saturated carbocycles. The van der Waals surface area contributed by atoms with Crippen LogP contribution in [0.3, 0.4) is 0 Å². The predicted molar refractivity (Wildman–Crippen MR) is 90.8 cm³/mol. The Hall–Kier alpha value is -2.74. The molecule has 3 aromatic rings. The molecule has 104 valence electrons. The SMILES string of the molecule is Cc1ccc(N)c(Nc2ccc(-c3ccccc3)cc2)c1. The van der Waals surface area contributed by atoms with E-state index in [0.29, 0.717) is 0 Å². The molecule has 0 amide bonds. The minimum absolute atomic E-state index is 0.757. The summed E-state index contributed by atoms with van der Waals surface area (Å²) in [6, 6.07) is 24.7. The fourth-order valence-corrected chi connectivity index (χ4v) is 2.31. The number of rotatable bonds is 3. The summed E-state index contributed by atoms with van der Waals surface area (Å²) in [6.45, 7) is 2.06. The number of aryl methyl sites for hydroxylation is 1. The summed E-state index contributed by atoms with van der Waals surface area (Å²) in [7, 11) is 0. The van der Waals surface area contributed by atoms with Gasteiger partial charge in [-0.15, -0.1) is 0 Å². The van der Waals surface area contributed by atoms with Crippen LogP contribution in [0.2, 0.25) is 0 Å². The number of anilines is 3. The van der Waals surface area contributed by atoms with E-state index < -0.39 is 0 Å². The van der Waals surface area contributed by atoms with Crippen molar-refractivity contribution in [2.45, 2.75) is 6.92 Å². The van der Waals surface area contributed by atoms with Crippen molar-refractivity contribution in [2.24, 2.45) is 0 Å². The van der Waals surface area contributed by atoms with Crippen LogP contribution in [0.5, 0.6) is 0 Å². The van der Waals surface area contributed by atoms with Gasteiger partial charge in [-0.3, -0.25) is 0 Å². The lowest BCUT2D eigenvalue weighted by molar-refractivity contribution is 1.45. The Balaban J connectivity index is 1.83. The Kier molecular flexibility index (Phi) is 3.61. The Labute approximate surface area is 125 Å². The van der Waals surface area contributed by atoms with Crippen LogP contribution in [0.4, 0.5) is 17.1 Å². The topological polar surface area (TPSA) is 38.0 Å². The molecule has 0 fully saturated rings. The molecule has 3 rings (SSSR count). The molecule has 0 spiro atoms. The van der Waals surface area contributed by atoms with Crippen LogP contribution in [-0.2, 0) is 0 Å². The van der Waals surface area contributed by atoms with E-state index in [2.05, 4.69) is 66.8 Å². The maximum absolute atomic E-state index is 6.00. The van der Waals surface area contributed by atoms with Crippen LogP contribution in [-0.4, -0.2) is 0 Å². The number of hydrogen-bond acceptors (Lipinski definition) is 2. The minimum Gasteiger partial charge on any atom is -0.397 e. The lowest BCUT2D eigenvalue weighted by Gasteiger charge is -2.11. The highest BCUT2D eigenvalue weighted by Crippen LogP contribution is 2.26. The normalized spacial score (nSPS) is 10.3. The van der Waals surface area contributed by atoms with Gasteiger partial charge in [0, 0.05) is 5.69 Å². The molecule has 21 heavy (non-hydrogen) atoms. The van der Waals surface area contributed by atoms with Crippen molar-refractivity contribution in [3.63, 3.8) is 0 Å². The van der Waals surface area contributed by atoms with Crippen molar-refractivity contribution in [1.29, 1.82) is 0 Å². The fourth-order valence-electron chi connectivity index (χ4n) is 2.31. The maximum Gasteiger partial charge on any atom is 0.0620 e. The summed E-state index contributed by atoms with van der Waals surface area (Å²) in [4.78, 5) is 0. The van der Waals surface area contributed by atoms with Crippen LogP contribution in [0.25, 0.3) is 11.1 Å². The fraction of sp³-hybridized carbons (Fsp3) is 0.0526. The zero-order valence-electron chi connectivity index (χ0n) is 12.0. The molecule has 0 bridgehead atoms. The molecule has 2 nitrogen and oxygen atoms in total. The molecule has 0 aliphatic rings. The smallest absolute Gasteiger partial charge is 0.0620 e. The molecule has 0 saturated heterocycles. The monoisotopic (exact) mass is 274 g/mol. The summed E-state index contributed by atoms with van der Waals surface area (Å²) < 4.78 is 0. The Morgan fingerprint density at radius 3 is 2.14 bits per heavy atom. The highest BCUT2D eigenvalue weighted by Gasteiger charge is 2.01. The zero-order chi connectivity index (χ0) is 14.7. The lowest BCUT2D eigenvalue weighted by atomic mass is 10.1. The van der Waals surface area contributed by atoms with Gasteiger partial charge >= 0.3 is 0 Å². The third kappa shape index (κ3) is 3.06. The summed E-state index contributed by atoms with van der Waals surface area (Å²) in [5.74, 6) is 0. The van der Waals surface area contributed by atoms with E-state index >= 15 is 0 Å².